The van der Waals surface area contributed by atoms with Gasteiger partial charge in [0, 0.05) is 44.2 Å². The maximum Gasteiger partial charge on any atom is 0.389 e. The monoisotopic (exact) mass is 430 g/mol. The Morgan fingerprint density at radius 3 is 2.50 bits per heavy atom. The van der Waals surface area contributed by atoms with Crippen LogP contribution in [0.2, 0.25) is 0 Å². The second-order valence-electron chi connectivity index (χ2n) is 7.58. The van der Waals surface area contributed by atoms with Gasteiger partial charge in [0.05, 0.1) is 19.6 Å². The van der Waals surface area contributed by atoms with Crippen LogP contribution in [0.3, 0.4) is 0 Å². The topological polar surface area (TPSA) is 77.8 Å². The minimum Gasteiger partial charge on any atom is -0.489 e. The van der Waals surface area contributed by atoms with Crippen molar-refractivity contribution >= 4 is 11.9 Å². The van der Waals surface area contributed by atoms with Crippen molar-refractivity contribution in [3.05, 3.63) is 27.7 Å². The molecule has 166 valence electrons. The largest absolute Gasteiger partial charge is 0.489 e. The van der Waals surface area contributed by atoms with Crippen LogP contribution in [0, 0.1) is 0 Å². The highest BCUT2D eigenvalue weighted by Crippen LogP contribution is 2.29. The zero-order valence-electron chi connectivity index (χ0n) is 16.8. The fraction of sp³-hybridized carbons (Fsp3) is 0.650. The number of pyridine rings is 1. The minimum absolute atomic E-state index is 0.0814. The normalized spacial score (nSPS) is 17.4. The molecule has 0 radical (unpaired) electrons. The third-order valence-electron chi connectivity index (χ3n) is 5.55. The first-order valence-electron chi connectivity index (χ1n) is 10.1. The van der Waals surface area contributed by atoms with Gasteiger partial charge in [-0.2, -0.15) is 13.2 Å². The minimum atomic E-state index is -4.41. The van der Waals surface area contributed by atoms with Gasteiger partial charge in [0.2, 0.25) is 5.91 Å². The molecule has 1 aliphatic heterocycles. The number of alkyl halides is 3. The van der Waals surface area contributed by atoms with E-state index in [1.807, 2.05) is 0 Å². The van der Waals surface area contributed by atoms with Gasteiger partial charge in [-0.25, -0.2) is 4.79 Å². The molecule has 3 rings (SSSR count). The number of methoxy groups -OCH3 is 1. The first kappa shape index (κ1) is 22.2. The van der Waals surface area contributed by atoms with Crippen molar-refractivity contribution in [3.8, 4) is 5.75 Å². The number of fused-ring (bicyclic) bond motifs is 1. The molecular weight excluding hydrogens is 405 g/mol. The van der Waals surface area contributed by atoms with E-state index in [1.54, 1.807) is 0 Å². The molecule has 0 saturated heterocycles. The summed E-state index contributed by atoms with van der Waals surface area (Å²) in [5.74, 6) is -1.11. The Kier molecular flexibility index (Phi) is 6.72. The fourth-order valence-corrected chi connectivity index (χ4v) is 4.01. The van der Waals surface area contributed by atoms with E-state index in [2.05, 4.69) is 0 Å². The maximum atomic E-state index is 12.7. The summed E-state index contributed by atoms with van der Waals surface area (Å²) >= 11 is 0. The van der Waals surface area contributed by atoms with E-state index in [0.29, 0.717) is 5.69 Å². The SMILES string of the molecule is COC(=O)c1c(OC2CCCC2)cc(=O)n2c1CCN(C(=O)CCC(F)(F)F)CC2. The molecule has 0 atom stereocenters. The predicted molar refractivity (Wildman–Crippen MR) is 100 cm³/mol. The van der Waals surface area contributed by atoms with Crippen molar-refractivity contribution in [2.75, 3.05) is 20.2 Å². The molecule has 0 N–H and O–H groups in total. The molecule has 1 aliphatic carbocycles. The second-order valence-corrected chi connectivity index (χ2v) is 7.58. The molecule has 0 spiro atoms. The van der Waals surface area contributed by atoms with Gasteiger partial charge >= 0.3 is 12.1 Å². The summed E-state index contributed by atoms with van der Waals surface area (Å²) in [5.41, 5.74) is 0.150. The van der Waals surface area contributed by atoms with Crippen LogP contribution >= 0.6 is 0 Å². The van der Waals surface area contributed by atoms with E-state index in [0.717, 1.165) is 25.7 Å². The molecule has 7 nitrogen and oxygen atoms in total. The average Bonchev–Trinajstić information content (AvgIpc) is 3.09. The van der Waals surface area contributed by atoms with Crippen molar-refractivity contribution in [2.45, 2.75) is 63.8 Å². The summed E-state index contributed by atoms with van der Waals surface area (Å²) in [5, 5.41) is 0. The van der Waals surface area contributed by atoms with Crippen molar-refractivity contribution < 1.29 is 32.2 Å². The van der Waals surface area contributed by atoms with Crippen LogP contribution in [-0.4, -0.2) is 53.8 Å². The number of carbonyl (C=O) groups is 2. The highest BCUT2D eigenvalue weighted by atomic mass is 19.4. The number of amides is 1. The summed E-state index contributed by atoms with van der Waals surface area (Å²) in [6.07, 6.45) is -2.50. The molecule has 0 unspecified atom stereocenters. The van der Waals surface area contributed by atoms with Crippen molar-refractivity contribution in [3.63, 3.8) is 0 Å². The number of hydrogen-bond acceptors (Lipinski definition) is 5. The van der Waals surface area contributed by atoms with Crippen LogP contribution in [0.15, 0.2) is 10.9 Å². The number of rotatable bonds is 5. The highest BCUT2D eigenvalue weighted by Gasteiger charge is 2.31. The Hall–Kier alpha value is -2.52. The lowest BCUT2D eigenvalue weighted by Crippen LogP contribution is -2.34. The molecular formula is C20H25F3N2O5. The highest BCUT2D eigenvalue weighted by molar-refractivity contribution is 5.93. The molecule has 1 aromatic heterocycles. The third kappa shape index (κ3) is 5.14. The van der Waals surface area contributed by atoms with E-state index in [9.17, 15) is 27.6 Å². The second kappa shape index (κ2) is 9.09. The summed E-state index contributed by atoms with van der Waals surface area (Å²) in [6.45, 7) is 0.277. The molecule has 2 heterocycles. The summed E-state index contributed by atoms with van der Waals surface area (Å²) in [7, 11) is 1.23. The Morgan fingerprint density at radius 1 is 1.17 bits per heavy atom. The Morgan fingerprint density at radius 2 is 1.87 bits per heavy atom. The lowest BCUT2D eigenvalue weighted by molar-refractivity contribution is -0.149. The van der Waals surface area contributed by atoms with Crippen molar-refractivity contribution in [2.24, 2.45) is 0 Å². The van der Waals surface area contributed by atoms with E-state index >= 15 is 0 Å². The van der Waals surface area contributed by atoms with E-state index in [1.165, 1.54) is 22.6 Å². The molecule has 30 heavy (non-hydrogen) atoms. The van der Waals surface area contributed by atoms with Gasteiger partial charge in [-0.05, 0) is 25.7 Å². The number of halogens is 3. The lowest BCUT2D eigenvalue weighted by atomic mass is 10.1. The number of nitrogens with zero attached hydrogens (tertiary/aromatic N) is 2. The molecule has 10 heteroatoms. The average molecular weight is 430 g/mol. The molecule has 0 aromatic carbocycles. The van der Waals surface area contributed by atoms with Crippen LogP contribution in [0.25, 0.3) is 0 Å². The van der Waals surface area contributed by atoms with Crippen LogP contribution in [0.1, 0.15) is 54.6 Å². The summed E-state index contributed by atoms with van der Waals surface area (Å²) in [4.78, 5) is 38.7. The fourth-order valence-electron chi connectivity index (χ4n) is 4.01. The van der Waals surface area contributed by atoms with Crippen LogP contribution < -0.4 is 10.3 Å². The molecule has 1 saturated carbocycles. The van der Waals surface area contributed by atoms with Crippen LogP contribution in [0.5, 0.6) is 5.75 Å². The van der Waals surface area contributed by atoms with Gasteiger partial charge in [0.15, 0.2) is 0 Å². The summed E-state index contributed by atoms with van der Waals surface area (Å²) < 4.78 is 49.6. The zero-order chi connectivity index (χ0) is 21.9. The lowest BCUT2D eigenvalue weighted by Gasteiger charge is -2.20. The number of esters is 1. The maximum absolute atomic E-state index is 12.7. The molecule has 1 fully saturated rings. The Balaban J connectivity index is 1.86. The van der Waals surface area contributed by atoms with E-state index in [4.69, 9.17) is 9.47 Å². The molecule has 1 aromatic rings. The number of aromatic nitrogens is 1. The number of ether oxygens (including phenoxy) is 2. The Labute approximate surface area is 171 Å². The van der Waals surface area contributed by atoms with Gasteiger partial charge in [0.25, 0.3) is 5.56 Å². The van der Waals surface area contributed by atoms with Gasteiger partial charge in [-0.1, -0.05) is 0 Å². The predicted octanol–water partition coefficient (Wildman–Crippen LogP) is 2.68. The third-order valence-corrected chi connectivity index (χ3v) is 5.55. The molecule has 0 bridgehead atoms. The first-order valence-corrected chi connectivity index (χ1v) is 10.1. The number of hydrogen-bond donors (Lipinski definition) is 0. The summed E-state index contributed by atoms with van der Waals surface area (Å²) in [6, 6.07) is 1.26. The van der Waals surface area contributed by atoms with Gasteiger partial charge in [-0.15, -0.1) is 0 Å². The number of carbonyl (C=O) groups excluding carboxylic acids is 2. The van der Waals surface area contributed by atoms with Crippen LogP contribution in [-0.2, 0) is 22.5 Å². The van der Waals surface area contributed by atoms with Crippen LogP contribution in [0.4, 0.5) is 13.2 Å². The van der Waals surface area contributed by atoms with Gasteiger partial charge in [-0.3, -0.25) is 9.59 Å². The standard InChI is InChI=1S/C20H25F3N2O5/c1-29-19(28)18-14-7-9-24(16(26)6-8-20(21,22)23)10-11-25(14)17(27)12-15(18)30-13-4-2-3-5-13/h12-13H,2-11H2,1H3. The van der Waals surface area contributed by atoms with Crippen molar-refractivity contribution in [1.29, 1.82) is 0 Å². The van der Waals surface area contributed by atoms with Gasteiger partial charge in [0.1, 0.15) is 11.3 Å². The zero-order valence-corrected chi connectivity index (χ0v) is 16.8. The smallest absolute Gasteiger partial charge is 0.389 e. The van der Waals surface area contributed by atoms with Gasteiger partial charge < -0.3 is 18.9 Å². The van der Waals surface area contributed by atoms with E-state index < -0.39 is 30.9 Å². The van der Waals surface area contributed by atoms with Crippen molar-refractivity contribution in [1.82, 2.24) is 9.47 Å². The first-order chi connectivity index (χ1) is 14.2. The van der Waals surface area contributed by atoms with E-state index in [-0.39, 0.29) is 49.0 Å². The molecule has 2 aliphatic rings. The Bertz CT molecular complexity index is 859. The quantitative estimate of drug-likeness (QED) is 0.672. The molecule has 1 amide bonds.